The zero-order valence-corrected chi connectivity index (χ0v) is 20.8. The fourth-order valence-electron chi connectivity index (χ4n) is 3.93. The lowest BCUT2D eigenvalue weighted by molar-refractivity contribution is -0.137. The molecule has 0 saturated heterocycles. The number of hydrogen-bond donors (Lipinski definition) is 2. The summed E-state index contributed by atoms with van der Waals surface area (Å²) in [6.45, 7) is 2.14. The molecular weight excluding hydrogens is 483 g/mol. The largest absolute Gasteiger partial charge is 0.416 e. The van der Waals surface area contributed by atoms with Crippen molar-refractivity contribution in [3.63, 3.8) is 0 Å². The fourth-order valence-corrected chi connectivity index (χ4v) is 3.93. The third-order valence-corrected chi connectivity index (χ3v) is 5.77. The minimum absolute atomic E-state index is 0.0598. The van der Waals surface area contributed by atoms with Gasteiger partial charge in [0, 0.05) is 36.2 Å². The van der Waals surface area contributed by atoms with E-state index in [1.54, 1.807) is 62.4 Å². The zero-order valence-electron chi connectivity index (χ0n) is 20.8. The quantitative estimate of drug-likeness (QED) is 0.368. The van der Waals surface area contributed by atoms with Crippen LogP contribution in [0, 0.1) is 6.92 Å². The van der Waals surface area contributed by atoms with E-state index in [1.807, 2.05) is 6.92 Å². The van der Waals surface area contributed by atoms with Crippen LogP contribution in [0.5, 0.6) is 0 Å². The number of anilines is 3. The summed E-state index contributed by atoms with van der Waals surface area (Å²) >= 11 is 0. The monoisotopic (exact) mass is 509 g/mol. The molecule has 0 bridgehead atoms. The first-order valence-corrected chi connectivity index (χ1v) is 11.4. The average molecular weight is 510 g/mol. The van der Waals surface area contributed by atoms with Gasteiger partial charge >= 0.3 is 6.18 Å². The van der Waals surface area contributed by atoms with Crippen LogP contribution < -0.4 is 16.2 Å². The molecular formula is C27H26F3N5O2. The predicted molar refractivity (Wildman–Crippen MR) is 138 cm³/mol. The van der Waals surface area contributed by atoms with E-state index in [-0.39, 0.29) is 23.4 Å². The molecule has 10 heteroatoms. The predicted octanol–water partition coefficient (Wildman–Crippen LogP) is 5.32. The van der Waals surface area contributed by atoms with Gasteiger partial charge in [0.1, 0.15) is 0 Å². The number of alkyl halides is 3. The highest BCUT2D eigenvalue weighted by molar-refractivity contribution is 6.05. The number of halogens is 3. The maximum absolute atomic E-state index is 13.4. The Labute approximate surface area is 211 Å². The average Bonchev–Trinajstić information content (AvgIpc) is 2.82. The number of fused-ring (bicyclic) bond motifs is 1. The molecule has 0 spiro atoms. The summed E-state index contributed by atoms with van der Waals surface area (Å²) in [6.07, 6.45) is -3.09. The molecule has 37 heavy (non-hydrogen) atoms. The first-order valence-electron chi connectivity index (χ1n) is 11.4. The molecule has 1 aromatic heterocycles. The third-order valence-electron chi connectivity index (χ3n) is 5.77. The van der Waals surface area contributed by atoms with Crippen molar-refractivity contribution in [3.8, 4) is 0 Å². The van der Waals surface area contributed by atoms with Crippen molar-refractivity contribution in [2.24, 2.45) is 7.05 Å². The van der Waals surface area contributed by atoms with Gasteiger partial charge in [0.05, 0.1) is 22.8 Å². The van der Waals surface area contributed by atoms with E-state index >= 15 is 0 Å². The van der Waals surface area contributed by atoms with E-state index in [0.717, 1.165) is 17.7 Å². The molecule has 4 rings (SSSR count). The Balaban J connectivity index is 1.61. The maximum Gasteiger partial charge on any atom is 0.416 e. The van der Waals surface area contributed by atoms with E-state index < -0.39 is 17.6 Å². The second-order valence-corrected chi connectivity index (χ2v) is 9.16. The number of aryl methyl sites for hydroxylation is 2. The lowest BCUT2D eigenvalue weighted by Crippen LogP contribution is -2.17. The van der Waals surface area contributed by atoms with Crippen molar-refractivity contribution in [1.82, 2.24) is 14.5 Å². The van der Waals surface area contributed by atoms with Gasteiger partial charge in [0.2, 0.25) is 0 Å². The molecule has 0 fully saturated rings. The summed E-state index contributed by atoms with van der Waals surface area (Å²) in [5.74, 6) is -0.547. The number of aromatic nitrogens is 2. The van der Waals surface area contributed by atoms with Crippen LogP contribution in [-0.4, -0.2) is 34.5 Å². The minimum Gasteiger partial charge on any atom is -0.355 e. The highest BCUT2D eigenvalue weighted by atomic mass is 19.4. The van der Waals surface area contributed by atoms with Crippen LogP contribution >= 0.6 is 0 Å². The molecule has 0 unspecified atom stereocenters. The summed E-state index contributed by atoms with van der Waals surface area (Å²) in [5.41, 5.74) is 2.38. The van der Waals surface area contributed by atoms with Crippen molar-refractivity contribution in [3.05, 3.63) is 93.5 Å². The van der Waals surface area contributed by atoms with E-state index in [0.29, 0.717) is 27.8 Å². The number of nitrogens with one attached hydrogen (secondary N) is 2. The lowest BCUT2D eigenvalue weighted by atomic mass is 10.1. The highest BCUT2D eigenvalue weighted by Gasteiger charge is 2.31. The van der Waals surface area contributed by atoms with Crippen molar-refractivity contribution >= 4 is 33.9 Å². The second-order valence-electron chi connectivity index (χ2n) is 9.16. The van der Waals surface area contributed by atoms with Gasteiger partial charge in [-0.15, -0.1) is 0 Å². The molecule has 0 aliphatic heterocycles. The Morgan fingerprint density at radius 1 is 1.03 bits per heavy atom. The van der Waals surface area contributed by atoms with E-state index in [9.17, 15) is 22.8 Å². The smallest absolute Gasteiger partial charge is 0.355 e. The molecule has 1 heterocycles. The summed E-state index contributed by atoms with van der Waals surface area (Å²) in [5, 5.41) is 6.26. The topological polar surface area (TPSA) is 79.3 Å². The van der Waals surface area contributed by atoms with Crippen molar-refractivity contribution in [2.75, 3.05) is 24.7 Å². The van der Waals surface area contributed by atoms with Gasteiger partial charge < -0.3 is 20.1 Å². The van der Waals surface area contributed by atoms with Crippen LogP contribution in [0.3, 0.4) is 0 Å². The van der Waals surface area contributed by atoms with Crippen LogP contribution in [0.4, 0.5) is 30.2 Å². The molecule has 3 aromatic carbocycles. The Hall–Kier alpha value is -4.18. The number of carbonyl (C=O) groups excluding carboxylic acids is 1. The number of nitrogens with zero attached hydrogens (tertiary/aromatic N) is 3. The molecule has 1 amide bonds. The van der Waals surface area contributed by atoms with E-state index in [1.165, 1.54) is 17.0 Å². The number of benzene rings is 3. The number of rotatable bonds is 6. The Bertz CT molecular complexity index is 1540. The van der Waals surface area contributed by atoms with Gasteiger partial charge in [-0.25, -0.2) is 4.98 Å². The SMILES string of the molecule is Cc1ccc(C(=O)Nc2cc(CN(C)C)cc(C(F)(F)F)c2)cc1Nc1ccc2ncn(C)c(=O)c2c1. The lowest BCUT2D eigenvalue weighted by Gasteiger charge is -2.16. The van der Waals surface area contributed by atoms with Gasteiger partial charge in [-0.05, 0) is 80.7 Å². The molecule has 0 atom stereocenters. The van der Waals surface area contributed by atoms with Crippen molar-refractivity contribution < 1.29 is 18.0 Å². The van der Waals surface area contributed by atoms with Crippen LogP contribution in [0.2, 0.25) is 0 Å². The van der Waals surface area contributed by atoms with Gasteiger partial charge in [-0.2, -0.15) is 13.2 Å². The van der Waals surface area contributed by atoms with Gasteiger partial charge in [0.25, 0.3) is 11.5 Å². The van der Waals surface area contributed by atoms with Crippen LogP contribution in [-0.2, 0) is 19.8 Å². The van der Waals surface area contributed by atoms with Crippen LogP contribution in [0.25, 0.3) is 10.9 Å². The molecule has 0 aliphatic carbocycles. The molecule has 7 nitrogen and oxygen atoms in total. The second kappa shape index (κ2) is 10.1. The number of carbonyl (C=O) groups is 1. The van der Waals surface area contributed by atoms with Gasteiger partial charge in [-0.1, -0.05) is 6.07 Å². The number of amides is 1. The molecule has 0 saturated carbocycles. The Morgan fingerprint density at radius 2 is 1.78 bits per heavy atom. The fraction of sp³-hybridized carbons (Fsp3) is 0.222. The molecule has 0 radical (unpaired) electrons. The Kier molecular flexibility index (Phi) is 7.04. The highest BCUT2D eigenvalue weighted by Crippen LogP contribution is 2.32. The summed E-state index contributed by atoms with van der Waals surface area (Å²) in [4.78, 5) is 31.4. The van der Waals surface area contributed by atoms with E-state index in [4.69, 9.17) is 0 Å². The molecule has 0 aliphatic rings. The number of hydrogen-bond acceptors (Lipinski definition) is 5. The van der Waals surface area contributed by atoms with Crippen LogP contribution in [0.15, 0.2) is 65.7 Å². The molecule has 192 valence electrons. The zero-order chi connectivity index (χ0) is 26.9. The van der Waals surface area contributed by atoms with Crippen LogP contribution in [0.1, 0.15) is 27.0 Å². The normalized spacial score (nSPS) is 11.7. The van der Waals surface area contributed by atoms with Crippen molar-refractivity contribution in [2.45, 2.75) is 19.6 Å². The Morgan fingerprint density at radius 3 is 2.49 bits per heavy atom. The minimum atomic E-state index is -4.54. The van der Waals surface area contributed by atoms with Crippen molar-refractivity contribution in [1.29, 1.82) is 0 Å². The first-order chi connectivity index (χ1) is 17.4. The standard InChI is InChI=1S/C27H26F3N5O2/c1-16-5-6-18(11-24(16)32-20-7-8-23-22(13-20)26(37)35(4)15-31-23)25(36)33-21-10-17(14-34(2)3)9-19(12-21)27(28,29)30/h5-13,15,32H,14H2,1-4H3,(H,33,36). The van der Waals surface area contributed by atoms with E-state index in [2.05, 4.69) is 15.6 Å². The maximum atomic E-state index is 13.4. The third kappa shape index (κ3) is 5.97. The first kappa shape index (κ1) is 25.9. The summed E-state index contributed by atoms with van der Waals surface area (Å²) in [6, 6.07) is 13.7. The molecule has 2 N–H and O–H groups in total. The van der Waals surface area contributed by atoms with Gasteiger partial charge in [0.15, 0.2) is 0 Å². The molecule has 4 aromatic rings. The summed E-state index contributed by atoms with van der Waals surface area (Å²) in [7, 11) is 5.13. The van der Waals surface area contributed by atoms with Gasteiger partial charge in [-0.3, -0.25) is 9.59 Å². The summed E-state index contributed by atoms with van der Waals surface area (Å²) < 4.78 is 41.7.